The van der Waals surface area contributed by atoms with E-state index in [4.69, 9.17) is 11.6 Å². The van der Waals surface area contributed by atoms with E-state index in [1.807, 2.05) is 7.05 Å². The van der Waals surface area contributed by atoms with Crippen molar-refractivity contribution in [1.82, 2.24) is 29.6 Å². The maximum atomic E-state index is 5.99. The van der Waals surface area contributed by atoms with E-state index in [1.54, 1.807) is 10.9 Å². The van der Waals surface area contributed by atoms with Crippen LogP contribution in [0.2, 0.25) is 5.15 Å². The number of aryl methyl sites for hydroxylation is 1. The molecule has 0 amide bonds. The molecule has 0 atom stereocenters. The second kappa shape index (κ2) is 2.42. The Kier molecular flexibility index (Phi) is 1.33. The summed E-state index contributed by atoms with van der Waals surface area (Å²) in [5, 5.41) is 17.1. The lowest BCUT2D eigenvalue weighted by Gasteiger charge is -1.97. The first kappa shape index (κ1) is 7.69. The Morgan fingerprint density at radius 2 is 2.29 bits per heavy atom. The number of nitrogens with zero attached hydrogens (tertiary/aromatic N) is 6. The molecule has 0 saturated carbocycles. The van der Waals surface area contributed by atoms with Crippen molar-refractivity contribution < 1.29 is 0 Å². The summed E-state index contributed by atoms with van der Waals surface area (Å²) in [6.45, 7) is 0. The summed E-state index contributed by atoms with van der Waals surface area (Å²) < 4.78 is 3.20. The molecule has 0 aliphatic heterocycles. The van der Waals surface area contributed by atoms with Crippen molar-refractivity contribution in [2.75, 3.05) is 0 Å². The zero-order valence-electron chi connectivity index (χ0n) is 7.22. The molecule has 14 heavy (non-hydrogen) atoms. The first-order chi connectivity index (χ1) is 6.77. The van der Waals surface area contributed by atoms with E-state index >= 15 is 0 Å². The van der Waals surface area contributed by atoms with Crippen LogP contribution < -0.4 is 0 Å². The second-order valence-electron chi connectivity index (χ2n) is 2.92. The molecule has 7 heteroatoms. The fraction of sp³-hybridized carbons (Fsp3) is 0.143. The summed E-state index contributed by atoms with van der Waals surface area (Å²) in [6, 6.07) is 0. The molecule has 0 aliphatic rings. The molecular formula is C7H5ClN6. The summed E-state index contributed by atoms with van der Waals surface area (Å²) in [6.07, 6.45) is 3.21. The Morgan fingerprint density at radius 3 is 3.14 bits per heavy atom. The number of hydrogen-bond donors (Lipinski definition) is 0. The van der Waals surface area contributed by atoms with Gasteiger partial charge >= 0.3 is 0 Å². The molecule has 6 nitrogen and oxygen atoms in total. The van der Waals surface area contributed by atoms with Gasteiger partial charge in [0, 0.05) is 7.05 Å². The third-order valence-electron chi connectivity index (χ3n) is 2.10. The van der Waals surface area contributed by atoms with Crippen LogP contribution in [0, 0.1) is 0 Å². The van der Waals surface area contributed by atoms with E-state index in [2.05, 4.69) is 20.4 Å². The average molecular weight is 209 g/mol. The third kappa shape index (κ3) is 0.805. The van der Waals surface area contributed by atoms with E-state index in [-0.39, 0.29) is 0 Å². The minimum absolute atomic E-state index is 0.396. The normalized spacial score (nSPS) is 11.6. The first-order valence-electron chi connectivity index (χ1n) is 3.94. The van der Waals surface area contributed by atoms with Gasteiger partial charge in [0.05, 0.1) is 11.6 Å². The Balaban J connectivity index is 2.68. The lowest BCUT2D eigenvalue weighted by molar-refractivity contribution is 0.792. The topological polar surface area (TPSA) is 60.9 Å². The molecule has 70 valence electrons. The van der Waals surface area contributed by atoms with Gasteiger partial charge in [-0.2, -0.15) is 14.7 Å². The predicted molar refractivity (Wildman–Crippen MR) is 50.1 cm³/mol. The van der Waals surface area contributed by atoms with E-state index in [0.29, 0.717) is 10.8 Å². The van der Waals surface area contributed by atoms with Crippen molar-refractivity contribution in [1.29, 1.82) is 0 Å². The molecule has 0 N–H and O–H groups in total. The largest absolute Gasteiger partial charge is 0.265 e. The van der Waals surface area contributed by atoms with Gasteiger partial charge in [-0.25, -0.2) is 0 Å². The molecule has 3 heterocycles. The SMILES string of the molecule is Cn1ncc2c1c(Cl)nn1cnnc21. The molecule has 3 aromatic rings. The zero-order chi connectivity index (χ0) is 9.71. The smallest absolute Gasteiger partial charge is 0.188 e. The molecule has 0 bridgehead atoms. The van der Waals surface area contributed by atoms with Crippen LogP contribution in [0.5, 0.6) is 0 Å². The van der Waals surface area contributed by atoms with Gasteiger partial charge in [0.15, 0.2) is 10.8 Å². The van der Waals surface area contributed by atoms with E-state index in [9.17, 15) is 0 Å². The summed E-state index contributed by atoms with van der Waals surface area (Å²) >= 11 is 5.99. The number of fused-ring (bicyclic) bond motifs is 3. The van der Waals surface area contributed by atoms with Gasteiger partial charge in [0.25, 0.3) is 0 Å². The van der Waals surface area contributed by atoms with Crippen LogP contribution in [0.3, 0.4) is 0 Å². The second-order valence-corrected chi connectivity index (χ2v) is 3.28. The van der Waals surface area contributed by atoms with Gasteiger partial charge in [-0.05, 0) is 0 Å². The lowest BCUT2D eigenvalue weighted by Crippen LogP contribution is -1.95. The molecular weight excluding hydrogens is 204 g/mol. The van der Waals surface area contributed by atoms with Crippen molar-refractivity contribution in [3.63, 3.8) is 0 Å². The van der Waals surface area contributed by atoms with Gasteiger partial charge in [0.2, 0.25) is 0 Å². The van der Waals surface area contributed by atoms with E-state index in [0.717, 1.165) is 10.9 Å². The number of halogens is 1. The monoisotopic (exact) mass is 208 g/mol. The Morgan fingerprint density at radius 1 is 1.43 bits per heavy atom. The maximum Gasteiger partial charge on any atom is 0.188 e. The fourth-order valence-corrected chi connectivity index (χ4v) is 1.77. The van der Waals surface area contributed by atoms with Crippen molar-refractivity contribution in [3.05, 3.63) is 17.7 Å². The van der Waals surface area contributed by atoms with Crippen LogP contribution in [0.1, 0.15) is 0 Å². The summed E-state index contributed by atoms with van der Waals surface area (Å²) in [5.74, 6) is 0. The molecule has 0 radical (unpaired) electrons. The van der Waals surface area contributed by atoms with Crippen LogP contribution in [-0.2, 0) is 7.05 Å². The van der Waals surface area contributed by atoms with E-state index in [1.165, 1.54) is 10.8 Å². The molecule has 0 fully saturated rings. The molecule has 3 aromatic heterocycles. The number of hydrogen-bond acceptors (Lipinski definition) is 4. The molecule has 0 unspecified atom stereocenters. The Labute approximate surface area is 83.1 Å². The molecule has 0 aromatic carbocycles. The highest BCUT2D eigenvalue weighted by atomic mass is 35.5. The van der Waals surface area contributed by atoms with Crippen molar-refractivity contribution >= 4 is 28.2 Å². The first-order valence-corrected chi connectivity index (χ1v) is 4.32. The van der Waals surface area contributed by atoms with Crippen molar-refractivity contribution in [2.24, 2.45) is 7.05 Å². The minimum Gasteiger partial charge on any atom is -0.265 e. The molecule has 0 aliphatic carbocycles. The molecule has 0 saturated heterocycles. The predicted octanol–water partition coefficient (Wildman–Crippen LogP) is 0.664. The van der Waals surface area contributed by atoms with Gasteiger partial charge in [0.1, 0.15) is 11.8 Å². The van der Waals surface area contributed by atoms with Crippen LogP contribution in [0.15, 0.2) is 12.5 Å². The Hall–Kier alpha value is -1.69. The van der Waals surface area contributed by atoms with Crippen LogP contribution in [0.4, 0.5) is 0 Å². The van der Waals surface area contributed by atoms with Gasteiger partial charge in [-0.15, -0.1) is 10.2 Å². The fourth-order valence-electron chi connectivity index (χ4n) is 1.47. The van der Waals surface area contributed by atoms with Gasteiger partial charge in [-0.3, -0.25) is 4.68 Å². The Bertz CT molecular complexity index is 623. The molecule has 3 rings (SSSR count). The summed E-state index contributed by atoms with van der Waals surface area (Å²) in [4.78, 5) is 0. The average Bonchev–Trinajstić information content (AvgIpc) is 2.71. The highest BCUT2D eigenvalue weighted by molar-refractivity contribution is 6.34. The third-order valence-corrected chi connectivity index (χ3v) is 2.36. The van der Waals surface area contributed by atoms with Crippen LogP contribution in [-0.4, -0.2) is 29.6 Å². The maximum absolute atomic E-state index is 5.99. The minimum atomic E-state index is 0.396. The van der Waals surface area contributed by atoms with Gasteiger partial charge < -0.3 is 0 Å². The number of rotatable bonds is 0. The van der Waals surface area contributed by atoms with Crippen LogP contribution >= 0.6 is 11.6 Å². The highest BCUT2D eigenvalue weighted by Gasteiger charge is 2.11. The molecule has 0 spiro atoms. The standard InChI is InChI=1S/C7H5ClN6/c1-13-5-4(2-10-13)7-11-9-3-14(7)12-6(5)8/h2-3H,1H3. The highest BCUT2D eigenvalue weighted by Crippen LogP contribution is 2.22. The van der Waals surface area contributed by atoms with E-state index < -0.39 is 0 Å². The summed E-state index contributed by atoms with van der Waals surface area (Å²) in [5.41, 5.74) is 1.43. The lowest BCUT2D eigenvalue weighted by atomic mass is 10.4. The van der Waals surface area contributed by atoms with Crippen molar-refractivity contribution in [2.45, 2.75) is 0 Å². The summed E-state index contributed by atoms with van der Waals surface area (Å²) in [7, 11) is 1.81. The zero-order valence-corrected chi connectivity index (χ0v) is 7.97. The quantitative estimate of drug-likeness (QED) is 0.545. The van der Waals surface area contributed by atoms with Crippen LogP contribution in [0.25, 0.3) is 16.6 Å². The van der Waals surface area contributed by atoms with Crippen molar-refractivity contribution in [3.8, 4) is 0 Å². The van der Waals surface area contributed by atoms with Gasteiger partial charge in [-0.1, -0.05) is 11.6 Å². The number of aromatic nitrogens is 6.